The quantitative estimate of drug-likeness (QED) is 0.728. The molecule has 1 heterocycles. The molecule has 0 spiro atoms. The predicted molar refractivity (Wildman–Crippen MR) is 99.5 cm³/mol. The third-order valence-corrected chi connectivity index (χ3v) is 4.50. The number of likely N-dealkylation sites (tertiary alicyclic amines) is 1. The van der Waals surface area contributed by atoms with E-state index >= 15 is 0 Å². The lowest BCUT2D eigenvalue weighted by Gasteiger charge is -2.31. The zero-order valence-corrected chi connectivity index (χ0v) is 15.9. The summed E-state index contributed by atoms with van der Waals surface area (Å²) in [5.41, 5.74) is 1.34. The lowest BCUT2D eigenvalue weighted by molar-refractivity contribution is -0.149. The number of rotatable bonds is 6. The van der Waals surface area contributed by atoms with Crippen molar-refractivity contribution in [1.82, 2.24) is 4.90 Å². The standard InChI is InChI=1S/C20H27NO5/c1-5-7-15-12-16(13-17(24-3)18(15)25-4)19(22)21-10-8-14(9-11-21)20(23)26-6-2/h5,7,12-14H,6,8-11H2,1-4H3/b7-5+. The first-order valence-corrected chi connectivity index (χ1v) is 8.90. The third kappa shape index (κ3) is 4.36. The van der Waals surface area contributed by atoms with Gasteiger partial charge in [0.25, 0.3) is 5.91 Å². The zero-order valence-electron chi connectivity index (χ0n) is 15.9. The maximum atomic E-state index is 12.9. The number of esters is 1. The number of hydrogen-bond donors (Lipinski definition) is 0. The summed E-state index contributed by atoms with van der Waals surface area (Å²) < 4.78 is 15.9. The highest BCUT2D eigenvalue weighted by Gasteiger charge is 2.29. The van der Waals surface area contributed by atoms with E-state index in [0.29, 0.717) is 49.6 Å². The molecule has 2 rings (SSSR count). The maximum absolute atomic E-state index is 12.9. The molecule has 0 unspecified atom stereocenters. The van der Waals surface area contributed by atoms with Gasteiger partial charge in [0, 0.05) is 24.2 Å². The summed E-state index contributed by atoms with van der Waals surface area (Å²) in [6.45, 7) is 5.17. The molecule has 1 amide bonds. The Balaban J connectivity index is 2.17. The molecule has 0 aromatic heterocycles. The summed E-state index contributed by atoms with van der Waals surface area (Å²) >= 11 is 0. The van der Waals surface area contributed by atoms with Crippen LogP contribution in [0.1, 0.15) is 42.6 Å². The van der Waals surface area contributed by atoms with E-state index in [1.54, 1.807) is 38.2 Å². The molecule has 0 atom stereocenters. The summed E-state index contributed by atoms with van der Waals surface area (Å²) in [6, 6.07) is 3.51. The zero-order chi connectivity index (χ0) is 19.1. The minimum atomic E-state index is -0.166. The average molecular weight is 361 g/mol. The molecule has 0 saturated carbocycles. The largest absolute Gasteiger partial charge is 0.493 e. The van der Waals surface area contributed by atoms with Crippen LogP contribution in [-0.2, 0) is 9.53 Å². The summed E-state index contributed by atoms with van der Waals surface area (Å²) in [5, 5.41) is 0. The van der Waals surface area contributed by atoms with E-state index in [0.717, 1.165) is 5.56 Å². The van der Waals surface area contributed by atoms with Crippen LogP contribution in [0.5, 0.6) is 11.5 Å². The van der Waals surface area contributed by atoms with Crippen molar-refractivity contribution in [2.24, 2.45) is 5.92 Å². The lowest BCUT2D eigenvalue weighted by Crippen LogP contribution is -2.40. The summed E-state index contributed by atoms with van der Waals surface area (Å²) in [7, 11) is 3.13. The van der Waals surface area contributed by atoms with Gasteiger partial charge in [-0.3, -0.25) is 9.59 Å². The highest BCUT2D eigenvalue weighted by molar-refractivity contribution is 5.96. The number of methoxy groups -OCH3 is 2. The van der Waals surface area contributed by atoms with Gasteiger partial charge >= 0.3 is 5.97 Å². The van der Waals surface area contributed by atoms with Crippen molar-refractivity contribution in [2.75, 3.05) is 33.9 Å². The number of benzene rings is 1. The van der Waals surface area contributed by atoms with Gasteiger partial charge in [0.15, 0.2) is 11.5 Å². The fourth-order valence-corrected chi connectivity index (χ4v) is 3.18. The molecule has 1 aliphatic heterocycles. The maximum Gasteiger partial charge on any atom is 0.309 e. The van der Waals surface area contributed by atoms with E-state index in [9.17, 15) is 9.59 Å². The molecule has 0 radical (unpaired) electrons. The molecular weight excluding hydrogens is 334 g/mol. The number of piperidine rings is 1. The average Bonchev–Trinajstić information content (AvgIpc) is 2.67. The van der Waals surface area contributed by atoms with Crippen LogP contribution in [-0.4, -0.2) is 50.7 Å². The number of hydrogen-bond acceptors (Lipinski definition) is 5. The normalized spacial score (nSPS) is 15.2. The van der Waals surface area contributed by atoms with Gasteiger partial charge in [-0.1, -0.05) is 12.2 Å². The van der Waals surface area contributed by atoms with Gasteiger partial charge in [-0.05, 0) is 38.8 Å². The smallest absolute Gasteiger partial charge is 0.309 e. The van der Waals surface area contributed by atoms with E-state index in [1.807, 2.05) is 19.1 Å². The van der Waals surface area contributed by atoms with E-state index in [2.05, 4.69) is 0 Å². The first kappa shape index (κ1) is 19.8. The van der Waals surface area contributed by atoms with Crippen LogP contribution in [0.15, 0.2) is 18.2 Å². The Morgan fingerprint density at radius 3 is 2.42 bits per heavy atom. The van der Waals surface area contributed by atoms with E-state index in [1.165, 1.54) is 0 Å². The molecule has 1 saturated heterocycles. The van der Waals surface area contributed by atoms with Crippen LogP contribution in [0.3, 0.4) is 0 Å². The minimum absolute atomic E-state index is 0.0704. The highest BCUT2D eigenvalue weighted by atomic mass is 16.5. The molecule has 1 aromatic carbocycles. The Bertz CT molecular complexity index is 675. The van der Waals surface area contributed by atoms with Gasteiger partial charge in [-0.2, -0.15) is 0 Å². The molecule has 0 N–H and O–H groups in total. The van der Waals surface area contributed by atoms with E-state index < -0.39 is 0 Å². The molecule has 0 bridgehead atoms. The molecule has 0 aliphatic carbocycles. The Labute approximate surface area is 154 Å². The predicted octanol–water partition coefficient (Wildman–Crippen LogP) is 3.15. The summed E-state index contributed by atoms with van der Waals surface area (Å²) in [5.74, 6) is 0.763. The number of amides is 1. The first-order chi connectivity index (χ1) is 12.5. The van der Waals surface area contributed by atoms with Crippen LogP contribution >= 0.6 is 0 Å². The van der Waals surface area contributed by atoms with Crippen molar-refractivity contribution in [2.45, 2.75) is 26.7 Å². The van der Waals surface area contributed by atoms with Crippen LogP contribution < -0.4 is 9.47 Å². The van der Waals surface area contributed by atoms with Gasteiger partial charge in [0.1, 0.15) is 0 Å². The van der Waals surface area contributed by atoms with Crippen molar-refractivity contribution < 1.29 is 23.8 Å². The lowest BCUT2D eigenvalue weighted by atomic mass is 9.96. The fraction of sp³-hybridized carbons (Fsp3) is 0.500. The van der Waals surface area contributed by atoms with Gasteiger partial charge < -0.3 is 19.1 Å². The second-order valence-electron chi connectivity index (χ2n) is 6.12. The van der Waals surface area contributed by atoms with Crippen molar-refractivity contribution in [3.63, 3.8) is 0 Å². The fourth-order valence-electron chi connectivity index (χ4n) is 3.18. The number of nitrogens with zero attached hydrogens (tertiary/aromatic N) is 1. The Kier molecular flexibility index (Phi) is 7.06. The first-order valence-electron chi connectivity index (χ1n) is 8.90. The second-order valence-corrected chi connectivity index (χ2v) is 6.12. The molecule has 6 nitrogen and oxygen atoms in total. The van der Waals surface area contributed by atoms with E-state index in [-0.39, 0.29) is 17.8 Å². The molecule has 1 aromatic rings. The number of allylic oxidation sites excluding steroid dienone is 1. The van der Waals surface area contributed by atoms with Gasteiger partial charge in [0.2, 0.25) is 0 Å². The van der Waals surface area contributed by atoms with E-state index in [4.69, 9.17) is 14.2 Å². The van der Waals surface area contributed by atoms with Crippen molar-refractivity contribution in [3.8, 4) is 11.5 Å². The van der Waals surface area contributed by atoms with Crippen LogP contribution in [0.4, 0.5) is 0 Å². The van der Waals surface area contributed by atoms with Gasteiger partial charge in [0.05, 0.1) is 26.7 Å². The minimum Gasteiger partial charge on any atom is -0.493 e. The van der Waals surface area contributed by atoms with Crippen molar-refractivity contribution in [3.05, 3.63) is 29.3 Å². The van der Waals surface area contributed by atoms with Crippen molar-refractivity contribution >= 4 is 18.0 Å². The van der Waals surface area contributed by atoms with Gasteiger partial charge in [-0.15, -0.1) is 0 Å². The molecule has 1 aliphatic rings. The van der Waals surface area contributed by atoms with Gasteiger partial charge in [-0.25, -0.2) is 0 Å². The van der Waals surface area contributed by atoms with Crippen LogP contribution in [0, 0.1) is 5.92 Å². The molecule has 6 heteroatoms. The summed E-state index contributed by atoms with van der Waals surface area (Å²) in [6.07, 6.45) is 5.01. The Morgan fingerprint density at radius 1 is 1.19 bits per heavy atom. The summed E-state index contributed by atoms with van der Waals surface area (Å²) in [4.78, 5) is 26.5. The molecule has 1 fully saturated rings. The van der Waals surface area contributed by atoms with Crippen LogP contribution in [0.25, 0.3) is 6.08 Å². The Morgan fingerprint density at radius 2 is 1.88 bits per heavy atom. The third-order valence-electron chi connectivity index (χ3n) is 4.50. The number of carbonyl (C=O) groups excluding carboxylic acids is 2. The number of carbonyl (C=O) groups is 2. The van der Waals surface area contributed by atoms with Crippen molar-refractivity contribution in [1.29, 1.82) is 0 Å². The van der Waals surface area contributed by atoms with Crippen LogP contribution in [0.2, 0.25) is 0 Å². The molecular formula is C20H27NO5. The molecule has 142 valence electrons. The number of ether oxygens (including phenoxy) is 3. The highest BCUT2D eigenvalue weighted by Crippen LogP contribution is 2.34. The topological polar surface area (TPSA) is 65.1 Å². The Hall–Kier alpha value is -2.50. The monoisotopic (exact) mass is 361 g/mol. The SMILES string of the molecule is C/C=C/c1cc(C(=O)N2CCC(C(=O)OCC)CC2)cc(OC)c1OC. The molecule has 26 heavy (non-hydrogen) atoms. The second kappa shape index (κ2) is 9.27.